The molecule has 0 amide bonds. The highest BCUT2D eigenvalue weighted by atomic mass is 16.5. The lowest BCUT2D eigenvalue weighted by atomic mass is 9.58. The van der Waals surface area contributed by atoms with Crippen molar-refractivity contribution in [1.82, 2.24) is 0 Å². The number of ether oxygens (including phenoxy) is 3. The molecule has 0 aromatic rings. The molecule has 2 rings (SSSR count). The van der Waals surface area contributed by atoms with Crippen molar-refractivity contribution < 1.29 is 14.2 Å². The summed E-state index contributed by atoms with van der Waals surface area (Å²) in [5, 5.41) is 0. The average molecular weight is 285 g/mol. The first-order valence-corrected chi connectivity index (χ1v) is 8.23. The lowest BCUT2D eigenvalue weighted by Crippen LogP contribution is -2.62. The van der Waals surface area contributed by atoms with Crippen molar-refractivity contribution in [2.24, 2.45) is 11.1 Å². The summed E-state index contributed by atoms with van der Waals surface area (Å²) in [5.74, 6) is 0. The summed E-state index contributed by atoms with van der Waals surface area (Å²) < 4.78 is 16.6. The van der Waals surface area contributed by atoms with E-state index in [2.05, 4.69) is 0 Å². The van der Waals surface area contributed by atoms with Crippen LogP contribution >= 0.6 is 0 Å². The van der Waals surface area contributed by atoms with Gasteiger partial charge in [0.25, 0.3) is 0 Å². The van der Waals surface area contributed by atoms with Crippen LogP contribution in [-0.2, 0) is 14.2 Å². The minimum absolute atomic E-state index is 0.284. The highest BCUT2D eigenvalue weighted by Crippen LogP contribution is 2.51. The Labute approximate surface area is 123 Å². The van der Waals surface area contributed by atoms with E-state index in [0.717, 1.165) is 26.1 Å². The SMILES string of the molecule is COCCCOCCOC1CC(N)C12CCCCCC2. The Morgan fingerprint density at radius 2 is 1.75 bits per heavy atom. The van der Waals surface area contributed by atoms with Gasteiger partial charge in [-0.2, -0.15) is 0 Å². The molecule has 4 heteroatoms. The molecule has 2 saturated carbocycles. The molecular weight excluding hydrogens is 254 g/mol. The van der Waals surface area contributed by atoms with Crippen LogP contribution in [0, 0.1) is 5.41 Å². The fourth-order valence-corrected chi connectivity index (χ4v) is 3.75. The third kappa shape index (κ3) is 3.94. The van der Waals surface area contributed by atoms with Crippen LogP contribution in [0.15, 0.2) is 0 Å². The normalized spacial score (nSPS) is 29.1. The van der Waals surface area contributed by atoms with Crippen LogP contribution in [0.25, 0.3) is 0 Å². The van der Waals surface area contributed by atoms with Crippen LogP contribution in [0.4, 0.5) is 0 Å². The Hall–Kier alpha value is -0.160. The van der Waals surface area contributed by atoms with Gasteiger partial charge in [-0.15, -0.1) is 0 Å². The van der Waals surface area contributed by atoms with Gasteiger partial charge in [0.2, 0.25) is 0 Å². The summed E-state index contributed by atoms with van der Waals surface area (Å²) in [6.45, 7) is 2.91. The van der Waals surface area contributed by atoms with Gasteiger partial charge in [0, 0.05) is 31.8 Å². The van der Waals surface area contributed by atoms with E-state index in [1.54, 1.807) is 7.11 Å². The zero-order valence-electron chi connectivity index (χ0n) is 12.9. The fraction of sp³-hybridized carbons (Fsp3) is 1.00. The van der Waals surface area contributed by atoms with Crippen molar-refractivity contribution >= 4 is 0 Å². The molecule has 0 heterocycles. The van der Waals surface area contributed by atoms with Crippen molar-refractivity contribution in [2.75, 3.05) is 33.5 Å². The summed E-state index contributed by atoms with van der Waals surface area (Å²) in [4.78, 5) is 0. The summed E-state index contributed by atoms with van der Waals surface area (Å²) in [5.41, 5.74) is 6.59. The molecule has 4 nitrogen and oxygen atoms in total. The van der Waals surface area contributed by atoms with E-state index in [1.807, 2.05) is 0 Å². The number of hydrogen-bond donors (Lipinski definition) is 1. The van der Waals surface area contributed by atoms with Crippen molar-refractivity contribution in [2.45, 2.75) is 63.5 Å². The van der Waals surface area contributed by atoms with Crippen LogP contribution in [0.5, 0.6) is 0 Å². The smallest absolute Gasteiger partial charge is 0.0704 e. The second-order valence-electron chi connectivity index (χ2n) is 6.31. The maximum absolute atomic E-state index is 6.31. The molecule has 20 heavy (non-hydrogen) atoms. The average Bonchev–Trinajstić information content (AvgIpc) is 2.73. The molecule has 0 bridgehead atoms. The van der Waals surface area contributed by atoms with Crippen molar-refractivity contribution in [3.63, 3.8) is 0 Å². The van der Waals surface area contributed by atoms with Gasteiger partial charge < -0.3 is 19.9 Å². The lowest BCUT2D eigenvalue weighted by Gasteiger charge is -2.54. The molecule has 2 N–H and O–H groups in total. The Morgan fingerprint density at radius 1 is 1.00 bits per heavy atom. The van der Waals surface area contributed by atoms with Crippen molar-refractivity contribution in [3.8, 4) is 0 Å². The zero-order chi connectivity index (χ0) is 14.3. The summed E-state index contributed by atoms with van der Waals surface area (Å²) in [6.07, 6.45) is 10.2. The summed E-state index contributed by atoms with van der Waals surface area (Å²) in [7, 11) is 1.72. The summed E-state index contributed by atoms with van der Waals surface area (Å²) in [6, 6.07) is 0.355. The molecule has 2 atom stereocenters. The number of hydrogen-bond acceptors (Lipinski definition) is 4. The van der Waals surface area contributed by atoms with E-state index in [0.29, 0.717) is 25.4 Å². The molecule has 118 valence electrons. The summed E-state index contributed by atoms with van der Waals surface area (Å²) >= 11 is 0. The quantitative estimate of drug-likeness (QED) is 0.696. The standard InChI is InChI=1S/C16H31NO3/c1-18-9-6-10-19-11-12-20-15-13-14(17)16(15)7-4-2-3-5-8-16/h14-15H,2-13,17H2,1H3. The van der Waals surface area contributed by atoms with E-state index in [1.165, 1.54) is 38.5 Å². The first-order valence-electron chi connectivity index (χ1n) is 8.23. The highest BCUT2D eigenvalue weighted by molar-refractivity contribution is 5.06. The Balaban J connectivity index is 1.63. The Kier molecular flexibility index (Phi) is 6.75. The molecule has 2 unspecified atom stereocenters. The molecular formula is C16H31NO3. The van der Waals surface area contributed by atoms with Crippen LogP contribution in [0.2, 0.25) is 0 Å². The molecule has 1 spiro atoms. The van der Waals surface area contributed by atoms with Gasteiger partial charge in [-0.25, -0.2) is 0 Å². The van der Waals surface area contributed by atoms with Crippen molar-refractivity contribution in [3.05, 3.63) is 0 Å². The van der Waals surface area contributed by atoms with Gasteiger partial charge in [-0.05, 0) is 25.7 Å². The van der Waals surface area contributed by atoms with Gasteiger partial charge in [0.15, 0.2) is 0 Å². The van der Waals surface area contributed by atoms with Gasteiger partial charge in [-0.3, -0.25) is 0 Å². The van der Waals surface area contributed by atoms with E-state index in [9.17, 15) is 0 Å². The minimum atomic E-state index is 0.284. The second kappa shape index (κ2) is 8.32. The predicted octanol–water partition coefficient (Wildman–Crippen LogP) is 2.50. The maximum atomic E-state index is 6.31. The Morgan fingerprint density at radius 3 is 2.40 bits per heavy atom. The number of nitrogens with two attached hydrogens (primary N) is 1. The monoisotopic (exact) mass is 285 g/mol. The zero-order valence-corrected chi connectivity index (χ0v) is 12.9. The minimum Gasteiger partial charge on any atom is -0.385 e. The van der Waals surface area contributed by atoms with E-state index >= 15 is 0 Å². The van der Waals surface area contributed by atoms with Gasteiger partial charge >= 0.3 is 0 Å². The third-order valence-electron chi connectivity index (χ3n) is 5.07. The molecule has 0 aliphatic heterocycles. The second-order valence-corrected chi connectivity index (χ2v) is 6.31. The third-order valence-corrected chi connectivity index (χ3v) is 5.07. The van der Waals surface area contributed by atoms with E-state index < -0.39 is 0 Å². The molecule has 2 aliphatic rings. The van der Waals surface area contributed by atoms with Gasteiger partial charge in [-0.1, -0.05) is 25.7 Å². The fourth-order valence-electron chi connectivity index (χ4n) is 3.75. The van der Waals surface area contributed by atoms with Crippen LogP contribution < -0.4 is 5.73 Å². The van der Waals surface area contributed by atoms with E-state index in [-0.39, 0.29) is 5.41 Å². The first kappa shape index (κ1) is 16.2. The molecule has 0 saturated heterocycles. The van der Waals surface area contributed by atoms with Crippen LogP contribution in [0.3, 0.4) is 0 Å². The van der Waals surface area contributed by atoms with Gasteiger partial charge in [0.1, 0.15) is 0 Å². The maximum Gasteiger partial charge on any atom is 0.0704 e. The lowest BCUT2D eigenvalue weighted by molar-refractivity contribution is -0.142. The molecule has 0 aromatic carbocycles. The molecule has 0 aromatic heterocycles. The Bertz CT molecular complexity index is 264. The highest BCUT2D eigenvalue weighted by Gasteiger charge is 2.53. The van der Waals surface area contributed by atoms with Crippen LogP contribution in [0.1, 0.15) is 51.4 Å². The number of rotatable bonds is 8. The number of methoxy groups -OCH3 is 1. The molecule has 2 fully saturated rings. The van der Waals surface area contributed by atoms with E-state index in [4.69, 9.17) is 19.9 Å². The predicted molar refractivity (Wildman–Crippen MR) is 79.8 cm³/mol. The largest absolute Gasteiger partial charge is 0.385 e. The molecule has 2 aliphatic carbocycles. The topological polar surface area (TPSA) is 53.7 Å². The molecule has 0 radical (unpaired) electrons. The first-order chi connectivity index (χ1) is 9.79. The van der Waals surface area contributed by atoms with Crippen LogP contribution in [-0.4, -0.2) is 45.7 Å². The van der Waals surface area contributed by atoms with Gasteiger partial charge in [0.05, 0.1) is 19.3 Å². The van der Waals surface area contributed by atoms with Crippen molar-refractivity contribution in [1.29, 1.82) is 0 Å².